The summed E-state index contributed by atoms with van der Waals surface area (Å²) in [5, 5.41) is 0. The van der Waals surface area contributed by atoms with E-state index < -0.39 is 0 Å². The third-order valence-electron chi connectivity index (χ3n) is 4.23. The van der Waals surface area contributed by atoms with Crippen LogP contribution in [0.3, 0.4) is 0 Å². The second kappa shape index (κ2) is 6.81. The van der Waals surface area contributed by atoms with Gasteiger partial charge in [0.1, 0.15) is 0 Å². The SMILES string of the molecule is CC(C)(C)C1CCN(CCSc2ccccc2)CC1. The summed E-state index contributed by atoms with van der Waals surface area (Å²) in [5.41, 5.74) is 0.491. The Hall–Kier alpha value is -0.470. The van der Waals surface area contributed by atoms with Gasteiger partial charge in [0.05, 0.1) is 0 Å². The molecule has 1 aliphatic rings. The first-order valence-electron chi connectivity index (χ1n) is 7.46. The molecule has 1 aromatic rings. The van der Waals surface area contributed by atoms with Gasteiger partial charge in [0.2, 0.25) is 0 Å². The molecular formula is C17H27NS. The summed E-state index contributed by atoms with van der Waals surface area (Å²) in [6, 6.07) is 10.7. The molecule has 0 unspecified atom stereocenters. The Kier molecular flexibility index (Phi) is 5.35. The fourth-order valence-corrected chi connectivity index (χ4v) is 3.77. The average Bonchev–Trinajstić information content (AvgIpc) is 2.39. The maximum Gasteiger partial charge on any atom is 0.0108 e. The minimum absolute atomic E-state index is 0.491. The first-order chi connectivity index (χ1) is 9.05. The number of thioether (sulfide) groups is 1. The number of likely N-dealkylation sites (tertiary alicyclic amines) is 1. The lowest BCUT2D eigenvalue weighted by atomic mass is 9.75. The van der Waals surface area contributed by atoms with Crippen molar-refractivity contribution in [3.8, 4) is 0 Å². The van der Waals surface area contributed by atoms with E-state index in [1.807, 2.05) is 11.8 Å². The molecule has 1 nitrogen and oxygen atoms in total. The van der Waals surface area contributed by atoms with Crippen molar-refractivity contribution in [3.63, 3.8) is 0 Å². The molecule has 0 radical (unpaired) electrons. The fraction of sp³-hybridized carbons (Fsp3) is 0.647. The molecule has 1 aromatic carbocycles. The normalized spacial score (nSPS) is 18.7. The van der Waals surface area contributed by atoms with Crippen LogP contribution in [0.1, 0.15) is 33.6 Å². The zero-order chi connectivity index (χ0) is 13.7. The van der Waals surface area contributed by atoms with Gasteiger partial charge in [0.25, 0.3) is 0 Å². The van der Waals surface area contributed by atoms with E-state index in [0.29, 0.717) is 5.41 Å². The highest BCUT2D eigenvalue weighted by atomic mass is 32.2. The summed E-state index contributed by atoms with van der Waals surface area (Å²) in [6.45, 7) is 11.0. The van der Waals surface area contributed by atoms with Gasteiger partial charge in [-0.25, -0.2) is 0 Å². The van der Waals surface area contributed by atoms with Crippen LogP contribution in [0.2, 0.25) is 0 Å². The third-order valence-corrected chi connectivity index (χ3v) is 5.22. The number of hydrogen-bond acceptors (Lipinski definition) is 2. The van der Waals surface area contributed by atoms with Crippen LogP contribution < -0.4 is 0 Å². The van der Waals surface area contributed by atoms with E-state index in [1.165, 1.54) is 43.1 Å². The molecule has 0 N–H and O–H groups in total. The fourth-order valence-electron chi connectivity index (χ4n) is 2.83. The summed E-state index contributed by atoms with van der Waals surface area (Å²) in [6.07, 6.45) is 2.75. The molecule has 0 aromatic heterocycles. The van der Waals surface area contributed by atoms with Crippen molar-refractivity contribution in [3.05, 3.63) is 30.3 Å². The number of piperidine rings is 1. The average molecular weight is 277 g/mol. The van der Waals surface area contributed by atoms with Crippen LogP contribution in [0, 0.1) is 11.3 Å². The van der Waals surface area contributed by atoms with E-state index in [9.17, 15) is 0 Å². The molecule has 0 aliphatic carbocycles. The lowest BCUT2D eigenvalue weighted by Gasteiger charge is -2.38. The number of hydrogen-bond donors (Lipinski definition) is 0. The molecule has 0 saturated carbocycles. The zero-order valence-electron chi connectivity index (χ0n) is 12.6. The largest absolute Gasteiger partial charge is 0.302 e. The molecule has 1 saturated heterocycles. The second-order valence-electron chi connectivity index (χ2n) is 6.64. The molecule has 106 valence electrons. The van der Waals surface area contributed by atoms with Gasteiger partial charge in [0.15, 0.2) is 0 Å². The highest BCUT2D eigenvalue weighted by Gasteiger charge is 2.28. The lowest BCUT2D eigenvalue weighted by molar-refractivity contribution is 0.117. The first kappa shape index (κ1) is 14.9. The van der Waals surface area contributed by atoms with Crippen molar-refractivity contribution < 1.29 is 0 Å². The van der Waals surface area contributed by atoms with Gasteiger partial charge in [-0.05, 0) is 49.4 Å². The Labute approximate surface area is 122 Å². The topological polar surface area (TPSA) is 3.24 Å². The van der Waals surface area contributed by atoms with Gasteiger partial charge in [0, 0.05) is 17.2 Å². The van der Waals surface area contributed by atoms with Crippen LogP contribution in [0.5, 0.6) is 0 Å². The number of nitrogens with zero attached hydrogens (tertiary/aromatic N) is 1. The van der Waals surface area contributed by atoms with Crippen molar-refractivity contribution in [1.29, 1.82) is 0 Å². The van der Waals surface area contributed by atoms with Gasteiger partial charge in [-0.2, -0.15) is 0 Å². The molecule has 0 atom stereocenters. The van der Waals surface area contributed by atoms with Crippen LogP contribution in [0.25, 0.3) is 0 Å². The predicted molar refractivity (Wildman–Crippen MR) is 85.8 cm³/mol. The Morgan fingerprint density at radius 1 is 1.11 bits per heavy atom. The highest BCUT2D eigenvalue weighted by molar-refractivity contribution is 7.99. The maximum atomic E-state index is 2.64. The van der Waals surface area contributed by atoms with E-state index in [4.69, 9.17) is 0 Å². The summed E-state index contributed by atoms with van der Waals surface area (Å²) in [7, 11) is 0. The minimum Gasteiger partial charge on any atom is -0.302 e. The molecule has 2 heteroatoms. The van der Waals surface area contributed by atoms with E-state index in [0.717, 1.165) is 5.92 Å². The number of rotatable bonds is 4. The van der Waals surface area contributed by atoms with Gasteiger partial charge < -0.3 is 4.90 Å². The highest BCUT2D eigenvalue weighted by Crippen LogP contribution is 2.34. The Morgan fingerprint density at radius 3 is 2.32 bits per heavy atom. The van der Waals surface area contributed by atoms with Crippen LogP contribution in [0.4, 0.5) is 0 Å². The van der Waals surface area contributed by atoms with Crippen molar-refractivity contribution in [1.82, 2.24) is 4.90 Å². The van der Waals surface area contributed by atoms with Gasteiger partial charge in [-0.15, -0.1) is 11.8 Å². The third kappa shape index (κ3) is 4.85. The van der Waals surface area contributed by atoms with Crippen LogP contribution in [-0.2, 0) is 0 Å². The van der Waals surface area contributed by atoms with Gasteiger partial charge in [-0.3, -0.25) is 0 Å². The zero-order valence-corrected chi connectivity index (χ0v) is 13.4. The van der Waals surface area contributed by atoms with Gasteiger partial charge in [-0.1, -0.05) is 39.0 Å². The molecule has 0 amide bonds. The standard InChI is InChI=1S/C17H27NS/c1-17(2,3)15-9-11-18(12-10-15)13-14-19-16-7-5-4-6-8-16/h4-8,15H,9-14H2,1-3H3. The summed E-state index contributed by atoms with van der Waals surface area (Å²) in [5.74, 6) is 2.12. The predicted octanol–water partition coefficient (Wildman–Crippen LogP) is 4.54. The molecule has 0 spiro atoms. The monoisotopic (exact) mass is 277 g/mol. The van der Waals surface area contributed by atoms with Crippen molar-refractivity contribution in [2.75, 3.05) is 25.4 Å². The lowest BCUT2D eigenvalue weighted by Crippen LogP contribution is -2.38. The van der Waals surface area contributed by atoms with Crippen molar-refractivity contribution >= 4 is 11.8 Å². The molecule has 1 fully saturated rings. The van der Waals surface area contributed by atoms with Crippen molar-refractivity contribution in [2.24, 2.45) is 11.3 Å². The van der Waals surface area contributed by atoms with Crippen LogP contribution in [0.15, 0.2) is 35.2 Å². The molecule has 19 heavy (non-hydrogen) atoms. The number of benzene rings is 1. The Bertz CT molecular complexity index is 361. The maximum absolute atomic E-state index is 2.64. The second-order valence-corrected chi connectivity index (χ2v) is 7.81. The molecular weight excluding hydrogens is 250 g/mol. The van der Waals surface area contributed by atoms with E-state index in [1.54, 1.807) is 0 Å². The van der Waals surface area contributed by atoms with Crippen LogP contribution >= 0.6 is 11.8 Å². The summed E-state index contributed by atoms with van der Waals surface area (Å²) < 4.78 is 0. The van der Waals surface area contributed by atoms with Gasteiger partial charge >= 0.3 is 0 Å². The molecule has 1 heterocycles. The summed E-state index contributed by atoms with van der Waals surface area (Å²) >= 11 is 1.98. The van der Waals surface area contributed by atoms with E-state index >= 15 is 0 Å². The Morgan fingerprint density at radius 2 is 1.74 bits per heavy atom. The smallest absolute Gasteiger partial charge is 0.0108 e. The summed E-state index contributed by atoms with van der Waals surface area (Å²) in [4.78, 5) is 4.03. The quantitative estimate of drug-likeness (QED) is 0.744. The molecule has 2 rings (SSSR count). The minimum atomic E-state index is 0.491. The molecule has 1 aliphatic heterocycles. The van der Waals surface area contributed by atoms with E-state index in [2.05, 4.69) is 56.0 Å². The van der Waals surface area contributed by atoms with Crippen LogP contribution in [-0.4, -0.2) is 30.3 Å². The van der Waals surface area contributed by atoms with Crippen molar-refractivity contribution in [2.45, 2.75) is 38.5 Å². The first-order valence-corrected chi connectivity index (χ1v) is 8.44. The van der Waals surface area contributed by atoms with E-state index in [-0.39, 0.29) is 0 Å². The molecule has 0 bridgehead atoms. The Balaban J connectivity index is 1.66.